The number of rotatable bonds is 4. The Kier molecular flexibility index (Phi) is 5.44. The smallest absolute Gasteiger partial charge is 0.362 e. The number of quaternary nitrogens is 1. The lowest BCUT2D eigenvalue weighted by molar-refractivity contribution is -0.896. The highest BCUT2D eigenvalue weighted by molar-refractivity contribution is 7.89. The fourth-order valence-corrected chi connectivity index (χ4v) is 4.01. The Morgan fingerprint density at radius 1 is 1.17 bits per heavy atom. The van der Waals surface area contributed by atoms with Gasteiger partial charge in [0.15, 0.2) is 6.54 Å². The monoisotopic (exact) mass is 341 g/mol. The van der Waals surface area contributed by atoms with Crippen LogP contribution in [0.1, 0.15) is 20.8 Å². The molecular weight excluding hydrogens is 316 g/mol. The van der Waals surface area contributed by atoms with Crippen molar-refractivity contribution in [3.8, 4) is 0 Å². The van der Waals surface area contributed by atoms with Crippen LogP contribution < -0.4 is 4.90 Å². The zero-order chi connectivity index (χ0) is 17.1. The van der Waals surface area contributed by atoms with E-state index in [1.165, 1.54) is 4.31 Å². The zero-order valence-electron chi connectivity index (χ0n) is 13.9. The van der Waals surface area contributed by atoms with Crippen LogP contribution in [0.2, 0.25) is 0 Å². The van der Waals surface area contributed by atoms with Crippen LogP contribution in [0.15, 0.2) is 35.2 Å². The molecule has 0 aliphatic carbocycles. The molecular formula is C16H25N2O4S+. The second kappa shape index (κ2) is 6.98. The molecule has 0 bridgehead atoms. The van der Waals surface area contributed by atoms with E-state index in [1.807, 2.05) is 20.8 Å². The maximum Gasteiger partial charge on any atom is 0.362 e. The van der Waals surface area contributed by atoms with Crippen LogP contribution in [-0.2, 0) is 19.6 Å². The van der Waals surface area contributed by atoms with Crippen molar-refractivity contribution in [1.29, 1.82) is 0 Å². The van der Waals surface area contributed by atoms with Gasteiger partial charge in [-0.2, -0.15) is 4.31 Å². The molecule has 7 heteroatoms. The topological polar surface area (TPSA) is 68.1 Å². The molecule has 0 radical (unpaired) electrons. The minimum Gasteiger partial charge on any atom is -0.456 e. The van der Waals surface area contributed by atoms with E-state index in [9.17, 15) is 13.2 Å². The summed E-state index contributed by atoms with van der Waals surface area (Å²) >= 11 is 0. The molecule has 1 heterocycles. The Morgan fingerprint density at radius 3 is 2.26 bits per heavy atom. The molecule has 0 atom stereocenters. The van der Waals surface area contributed by atoms with E-state index in [0.29, 0.717) is 31.1 Å². The van der Waals surface area contributed by atoms with Crippen LogP contribution >= 0.6 is 0 Å². The normalized spacial score (nSPS) is 17.9. The first kappa shape index (κ1) is 17.9. The van der Waals surface area contributed by atoms with Crippen LogP contribution in [0, 0.1) is 0 Å². The average molecular weight is 341 g/mol. The molecule has 0 spiro atoms. The van der Waals surface area contributed by atoms with Crippen molar-refractivity contribution < 1.29 is 22.8 Å². The minimum absolute atomic E-state index is 0.244. The van der Waals surface area contributed by atoms with Crippen LogP contribution in [0.25, 0.3) is 0 Å². The third kappa shape index (κ3) is 5.02. The number of carbonyl (C=O) groups excluding carboxylic acids is 1. The van der Waals surface area contributed by atoms with E-state index in [1.54, 1.807) is 30.3 Å². The summed E-state index contributed by atoms with van der Waals surface area (Å²) in [5, 5.41) is 0. The molecule has 0 aromatic heterocycles. The molecule has 128 valence electrons. The van der Waals surface area contributed by atoms with Gasteiger partial charge >= 0.3 is 5.97 Å². The summed E-state index contributed by atoms with van der Waals surface area (Å²) in [7, 11) is -3.44. The number of hydrogen-bond acceptors (Lipinski definition) is 4. The second-order valence-electron chi connectivity index (χ2n) is 6.73. The third-order valence-electron chi connectivity index (χ3n) is 3.62. The molecule has 0 unspecified atom stereocenters. The molecule has 2 rings (SSSR count). The summed E-state index contributed by atoms with van der Waals surface area (Å²) in [4.78, 5) is 13.2. The van der Waals surface area contributed by atoms with Gasteiger partial charge < -0.3 is 9.64 Å². The van der Waals surface area contributed by atoms with Crippen molar-refractivity contribution >= 4 is 16.0 Å². The summed E-state index contributed by atoms with van der Waals surface area (Å²) < 4.78 is 31.9. The summed E-state index contributed by atoms with van der Waals surface area (Å²) in [5.41, 5.74) is -0.491. The van der Waals surface area contributed by atoms with Gasteiger partial charge in [0.2, 0.25) is 10.0 Å². The van der Waals surface area contributed by atoms with E-state index in [0.717, 1.165) is 4.90 Å². The second-order valence-corrected chi connectivity index (χ2v) is 8.67. The third-order valence-corrected chi connectivity index (χ3v) is 5.54. The van der Waals surface area contributed by atoms with Crippen molar-refractivity contribution in [2.45, 2.75) is 31.3 Å². The molecule has 0 saturated carbocycles. The molecule has 23 heavy (non-hydrogen) atoms. The predicted octanol–water partition coefficient (Wildman–Crippen LogP) is -0.0825. The van der Waals surface area contributed by atoms with Crippen LogP contribution in [0.5, 0.6) is 0 Å². The van der Waals surface area contributed by atoms with Crippen LogP contribution in [-0.4, -0.2) is 57.0 Å². The number of nitrogens with zero attached hydrogens (tertiary/aromatic N) is 1. The highest BCUT2D eigenvalue weighted by Crippen LogP contribution is 2.14. The van der Waals surface area contributed by atoms with E-state index < -0.39 is 15.6 Å². The first-order valence-corrected chi connectivity index (χ1v) is 9.23. The molecule has 1 fully saturated rings. The summed E-state index contributed by atoms with van der Waals surface area (Å²) in [6.07, 6.45) is 0. The summed E-state index contributed by atoms with van der Waals surface area (Å²) in [6.45, 7) is 7.82. The molecule has 6 nitrogen and oxygen atoms in total. The molecule has 1 aromatic carbocycles. The van der Waals surface area contributed by atoms with E-state index in [2.05, 4.69) is 0 Å². The fraction of sp³-hybridized carbons (Fsp3) is 0.562. The minimum atomic E-state index is -3.44. The maximum absolute atomic E-state index is 12.5. The first-order chi connectivity index (χ1) is 10.7. The fourth-order valence-electron chi connectivity index (χ4n) is 2.54. The largest absolute Gasteiger partial charge is 0.456 e. The Balaban J connectivity index is 1.90. The Hall–Kier alpha value is -1.44. The number of nitrogens with one attached hydrogen (secondary N) is 1. The van der Waals surface area contributed by atoms with Gasteiger partial charge in [-0.3, -0.25) is 0 Å². The zero-order valence-corrected chi connectivity index (χ0v) is 14.7. The lowest BCUT2D eigenvalue weighted by atomic mass is 10.2. The number of sulfonamides is 1. The van der Waals surface area contributed by atoms with Crippen molar-refractivity contribution in [1.82, 2.24) is 4.31 Å². The Bertz CT molecular complexity index is 630. The SMILES string of the molecule is CC(C)(C)OC(=O)C[NH+]1CCN(S(=O)(=O)c2ccccc2)CC1. The molecule has 1 aliphatic rings. The van der Waals surface area contributed by atoms with Gasteiger partial charge in [0.1, 0.15) is 5.60 Å². The maximum atomic E-state index is 12.5. The Labute approximate surface area is 138 Å². The van der Waals surface area contributed by atoms with Crippen molar-refractivity contribution in [2.75, 3.05) is 32.7 Å². The number of ether oxygens (including phenoxy) is 1. The lowest BCUT2D eigenvalue weighted by Crippen LogP contribution is -3.15. The summed E-state index contributed by atoms with van der Waals surface area (Å²) in [5.74, 6) is -0.244. The molecule has 1 aliphatic heterocycles. The van der Waals surface area contributed by atoms with E-state index in [4.69, 9.17) is 4.74 Å². The lowest BCUT2D eigenvalue weighted by Gasteiger charge is -2.31. The first-order valence-electron chi connectivity index (χ1n) is 7.79. The van der Waals surface area contributed by atoms with Gasteiger partial charge in [-0.25, -0.2) is 13.2 Å². The highest BCUT2D eigenvalue weighted by Gasteiger charge is 2.31. The molecule has 1 N–H and O–H groups in total. The van der Waals surface area contributed by atoms with Crippen LogP contribution in [0.3, 0.4) is 0 Å². The van der Waals surface area contributed by atoms with E-state index >= 15 is 0 Å². The van der Waals surface area contributed by atoms with Gasteiger partial charge in [-0.05, 0) is 32.9 Å². The number of hydrogen-bond donors (Lipinski definition) is 1. The number of esters is 1. The quantitative estimate of drug-likeness (QED) is 0.778. The van der Waals surface area contributed by atoms with Crippen molar-refractivity contribution in [3.05, 3.63) is 30.3 Å². The Morgan fingerprint density at radius 2 is 1.74 bits per heavy atom. The van der Waals surface area contributed by atoms with Crippen molar-refractivity contribution in [3.63, 3.8) is 0 Å². The van der Waals surface area contributed by atoms with Gasteiger partial charge in [-0.15, -0.1) is 0 Å². The molecule has 1 saturated heterocycles. The predicted molar refractivity (Wildman–Crippen MR) is 86.6 cm³/mol. The number of carbonyl (C=O) groups is 1. The van der Waals surface area contributed by atoms with Gasteiger partial charge in [-0.1, -0.05) is 18.2 Å². The van der Waals surface area contributed by atoms with Gasteiger partial charge in [0, 0.05) is 0 Å². The molecule has 1 aromatic rings. The van der Waals surface area contributed by atoms with Crippen LogP contribution in [0.4, 0.5) is 0 Å². The average Bonchev–Trinajstić information content (AvgIpc) is 2.46. The van der Waals surface area contributed by atoms with E-state index in [-0.39, 0.29) is 12.5 Å². The molecule has 0 amide bonds. The van der Waals surface area contributed by atoms with Crippen molar-refractivity contribution in [2.24, 2.45) is 0 Å². The standard InChI is InChI=1S/C16H24N2O4S/c1-16(2,3)22-15(19)13-17-9-11-18(12-10-17)23(20,21)14-7-5-4-6-8-14/h4-8H,9-13H2,1-3H3/p+1. The summed E-state index contributed by atoms with van der Waals surface area (Å²) in [6, 6.07) is 8.44. The number of benzene rings is 1. The number of piperazine rings is 1. The van der Waals surface area contributed by atoms with Gasteiger partial charge in [0.05, 0.1) is 31.1 Å². The highest BCUT2D eigenvalue weighted by atomic mass is 32.2. The van der Waals surface area contributed by atoms with Gasteiger partial charge in [0.25, 0.3) is 0 Å².